The number of nitrogens with two attached hydrogens (primary N) is 2. The Bertz CT molecular complexity index is 1700. The summed E-state index contributed by atoms with van der Waals surface area (Å²) in [6, 6.07) is 5.44. The average molecular weight is 680 g/mol. The number of rotatable bonds is 19. The highest BCUT2D eigenvalue weighted by molar-refractivity contribution is 7.99. The second-order valence-corrected chi connectivity index (χ2v) is 13.0. The molecule has 0 radical (unpaired) electrons. The first kappa shape index (κ1) is 35.9. The molecule has 4 aromatic rings. The zero-order valence-corrected chi connectivity index (χ0v) is 28.0. The summed E-state index contributed by atoms with van der Waals surface area (Å²) in [5, 5.41) is 20.8. The van der Waals surface area contributed by atoms with E-state index in [9.17, 15) is 19.5 Å². The maximum absolute atomic E-state index is 12.9. The summed E-state index contributed by atoms with van der Waals surface area (Å²) >= 11 is 1.84. The van der Waals surface area contributed by atoms with Crippen molar-refractivity contribution in [2.75, 3.05) is 42.4 Å². The molecule has 4 rings (SSSR count). The predicted octanol–water partition coefficient (Wildman–Crippen LogP) is 2.14. The van der Waals surface area contributed by atoms with Crippen LogP contribution >= 0.6 is 11.8 Å². The molecule has 0 aliphatic heterocycles. The zero-order chi connectivity index (χ0) is 34.6. The van der Waals surface area contributed by atoms with Gasteiger partial charge in [-0.05, 0) is 42.4 Å². The number of hydrogen-bond acceptors (Lipinski definition) is 14. The summed E-state index contributed by atoms with van der Waals surface area (Å²) < 4.78 is 7.38. The van der Waals surface area contributed by atoms with Crippen LogP contribution in [-0.2, 0) is 33.8 Å². The fourth-order valence-corrected chi connectivity index (χ4v) is 5.40. The van der Waals surface area contributed by atoms with Gasteiger partial charge in [-0.2, -0.15) is 21.7 Å². The molecule has 1 unspecified atom stereocenters. The van der Waals surface area contributed by atoms with E-state index in [1.807, 2.05) is 23.7 Å². The standard InChI is InChI=1S/C31H41N11O5S/c1-19(2)48-15-14-47-13-12-42-23(17-35-40-42)8-9-24(43)10-11-25(30(45)46)37-29(44)20-4-6-22(7-5-20)41(3)18-21-16-34-28-26(36-21)27(32)38-31(33)39-28/h4-7,16-17,19,25H,8-15,18H2,1-3H3,(H,37,44)(H,45,46)(H4,32,33,34,38,39). The number of hydrogen-bond donors (Lipinski definition) is 4. The molecule has 256 valence electrons. The topological polar surface area (TPSA) is 230 Å². The lowest BCUT2D eigenvalue weighted by Gasteiger charge is -2.19. The van der Waals surface area contributed by atoms with E-state index >= 15 is 0 Å². The van der Waals surface area contributed by atoms with Gasteiger partial charge in [0.1, 0.15) is 11.8 Å². The van der Waals surface area contributed by atoms with Crippen LogP contribution in [0.1, 0.15) is 54.9 Å². The van der Waals surface area contributed by atoms with Gasteiger partial charge in [-0.25, -0.2) is 19.4 Å². The number of ketones is 1. The number of ether oxygens (including phenoxy) is 1. The average Bonchev–Trinajstić information content (AvgIpc) is 3.50. The van der Waals surface area contributed by atoms with Gasteiger partial charge in [0, 0.05) is 36.9 Å². The number of amides is 1. The molecule has 48 heavy (non-hydrogen) atoms. The number of carbonyl (C=O) groups excluding carboxylic acids is 2. The van der Waals surface area contributed by atoms with Crippen LogP contribution in [0.25, 0.3) is 11.2 Å². The molecule has 0 aliphatic carbocycles. The zero-order valence-electron chi connectivity index (χ0n) is 27.2. The fourth-order valence-electron chi connectivity index (χ4n) is 4.71. The first-order valence-electron chi connectivity index (χ1n) is 15.5. The van der Waals surface area contributed by atoms with Gasteiger partial charge < -0.3 is 31.5 Å². The number of aromatic nitrogens is 7. The molecule has 0 saturated carbocycles. The van der Waals surface area contributed by atoms with Gasteiger partial charge in [0.05, 0.1) is 50.1 Å². The summed E-state index contributed by atoms with van der Waals surface area (Å²) in [4.78, 5) is 56.0. The Hall–Kier alpha value is -4.90. The van der Waals surface area contributed by atoms with Gasteiger partial charge in [-0.3, -0.25) is 9.59 Å². The molecule has 1 atom stereocenters. The molecular formula is C31H41N11O5S. The molecule has 0 saturated heterocycles. The molecular weight excluding hydrogens is 638 g/mol. The third-order valence-corrected chi connectivity index (χ3v) is 8.34. The Morgan fingerprint density at radius 3 is 2.56 bits per heavy atom. The minimum atomic E-state index is -1.22. The molecule has 1 amide bonds. The van der Waals surface area contributed by atoms with Crippen molar-refractivity contribution in [3.63, 3.8) is 0 Å². The van der Waals surface area contributed by atoms with Crippen LogP contribution in [0.4, 0.5) is 17.5 Å². The minimum Gasteiger partial charge on any atom is -0.480 e. The predicted molar refractivity (Wildman–Crippen MR) is 182 cm³/mol. The van der Waals surface area contributed by atoms with E-state index in [4.69, 9.17) is 16.2 Å². The maximum Gasteiger partial charge on any atom is 0.326 e. The second-order valence-electron chi connectivity index (χ2n) is 11.3. The van der Waals surface area contributed by atoms with E-state index in [2.05, 4.69) is 49.4 Å². The summed E-state index contributed by atoms with van der Waals surface area (Å²) in [6.07, 6.45) is 3.78. The number of fused-ring (bicyclic) bond motifs is 1. The SMILES string of the molecule is CC(C)SCCOCCn1nncc1CCC(=O)CCC(NC(=O)c1ccc(N(C)Cc2cnc3nc(N)nc(N)c3n2)cc1)C(=O)O. The van der Waals surface area contributed by atoms with Gasteiger partial charge in [-0.15, -0.1) is 5.10 Å². The van der Waals surface area contributed by atoms with Crippen molar-refractivity contribution in [1.29, 1.82) is 0 Å². The molecule has 17 heteroatoms. The number of carboxylic acids is 1. The first-order chi connectivity index (χ1) is 23.0. The molecule has 0 aliphatic rings. The van der Waals surface area contributed by atoms with Gasteiger partial charge in [-0.1, -0.05) is 19.1 Å². The number of thioether (sulfide) groups is 1. The van der Waals surface area contributed by atoms with Crippen LogP contribution in [0.5, 0.6) is 0 Å². The molecule has 3 aromatic heterocycles. The van der Waals surface area contributed by atoms with E-state index in [0.29, 0.717) is 54.8 Å². The lowest BCUT2D eigenvalue weighted by Crippen LogP contribution is -2.41. The van der Waals surface area contributed by atoms with Gasteiger partial charge in [0.25, 0.3) is 5.91 Å². The fraction of sp³-hybridized carbons (Fsp3) is 0.452. The highest BCUT2D eigenvalue weighted by Crippen LogP contribution is 2.19. The quantitative estimate of drug-likeness (QED) is 0.104. The first-order valence-corrected chi connectivity index (χ1v) is 16.5. The number of nitrogens with zero attached hydrogens (tertiary/aromatic N) is 8. The van der Waals surface area contributed by atoms with Crippen molar-refractivity contribution >= 4 is 58.0 Å². The minimum absolute atomic E-state index is 0.00198. The largest absolute Gasteiger partial charge is 0.480 e. The van der Waals surface area contributed by atoms with E-state index < -0.39 is 17.9 Å². The Morgan fingerprint density at radius 1 is 1.06 bits per heavy atom. The van der Waals surface area contributed by atoms with Gasteiger partial charge in [0.2, 0.25) is 5.95 Å². The third kappa shape index (κ3) is 10.6. The number of nitrogens with one attached hydrogen (secondary N) is 1. The Labute approximate surface area is 282 Å². The summed E-state index contributed by atoms with van der Waals surface area (Å²) in [7, 11) is 1.84. The second kappa shape index (κ2) is 17.3. The van der Waals surface area contributed by atoms with E-state index in [0.717, 1.165) is 17.1 Å². The Morgan fingerprint density at radius 2 is 1.83 bits per heavy atom. The van der Waals surface area contributed by atoms with Crippen LogP contribution in [0, 0.1) is 0 Å². The van der Waals surface area contributed by atoms with E-state index in [-0.39, 0.29) is 42.4 Å². The molecule has 1 aromatic carbocycles. The van der Waals surface area contributed by atoms with Crippen LogP contribution in [-0.4, -0.2) is 95.0 Å². The van der Waals surface area contributed by atoms with Gasteiger partial charge in [0.15, 0.2) is 17.0 Å². The number of carboxylic acid groups (broad SMARTS) is 1. The number of nitrogen functional groups attached to an aromatic ring is 2. The summed E-state index contributed by atoms with van der Waals surface area (Å²) in [5.41, 5.74) is 14.7. The van der Waals surface area contributed by atoms with Crippen LogP contribution in [0.15, 0.2) is 36.7 Å². The highest BCUT2D eigenvalue weighted by atomic mass is 32.2. The molecule has 3 heterocycles. The number of Topliss-reactive ketones (excluding diaryl/α,β-unsaturated/α-hetero) is 1. The molecule has 6 N–H and O–H groups in total. The summed E-state index contributed by atoms with van der Waals surface area (Å²) in [6.45, 7) is 6.34. The number of aliphatic carboxylic acids is 1. The van der Waals surface area contributed by atoms with Crippen LogP contribution in [0.3, 0.4) is 0 Å². The molecule has 0 fully saturated rings. The van der Waals surface area contributed by atoms with Crippen molar-refractivity contribution in [2.24, 2.45) is 0 Å². The number of anilines is 3. The molecule has 0 spiro atoms. The van der Waals surface area contributed by atoms with Crippen molar-refractivity contribution < 1.29 is 24.2 Å². The molecule has 16 nitrogen and oxygen atoms in total. The summed E-state index contributed by atoms with van der Waals surface area (Å²) in [5.74, 6) is -0.811. The van der Waals surface area contributed by atoms with E-state index in [1.165, 1.54) is 0 Å². The number of carbonyl (C=O) groups is 3. The molecule has 0 bridgehead atoms. The van der Waals surface area contributed by atoms with Crippen molar-refractivity contribution in [3.8, 4) is 0 Å². The normalized spacial score (nSPS) is 11.9. The lowest BCUT2D eigenvalue weighted by molar-refractivity contribution is -0.139. The highest BCUT2D eigenvalue weighted by Gasteiger charge is 2.22. The van der Waals surface area contributed by atoms with Crippen LogP contribution < -0.4 is 21.7 Å². The Kier molecular flexibility index (Phi) is 13.0. The third-order valence-electron chi connectivity index (χ3n) is 7.27. The van der Waals surface area contributed by atoms with Crippen molar-refractivity contribution in [1.82, 2.24) is 40.2 Å². The smallest absolute Gasteiger partial charge is 0.326 e. The van der Waals surface area contributed by atoms with Gasteiger partial charge >= 0.3 is 5.97 Å². The maximum atomic E-state index is 12.9. The van der Waals surface area contributed by atoms with Crippen LogP contribution in [0.2, 0.25) is 0 Å². The lowest BCUT2D eigenvalue weighted by atomic mass is 10.0. The number of benzene rings is 1. The number of aryl methyl sites for hydroxylation is 1. The van der Waals surface area contributed by atoms with Crippen molar-refractivity contribution in [2.45, 2.75) is 63.9 Å². The monoisotopic (exact) mass is 679 g/mol. The van der Waals surface area contributed by atoms with E-state index in [1.54, 1.807) is 41.3 Å². The Balaban J connectivity index is 1.23. The van der Waals surface area contributed by atoms with Crippen molar-refractivity contribution in [3.05, 3.63) is 53.6 Å².